The maximum absolute atomic E-state index is 6.14. The predicted octanol–water partition coefficient (Wildman–Crippen LogP) is 4.66. The first-order chi connectivity index (χ1) is 9.44. The van der Waals surface area contributed by atoms with Gasteiger partial charge in [0.2, 0.25) is 5.95 Å². The van der Waals surface area contributed by atoms with Gasteiger partial charge in [-0.15, -0.1) is 0 Å². The molecule has 1 heterocycles. The summed E-state index contributed by atoms with van der Waals surface area (Å²) in [6.45, 7) is 5.99. The van der Waals surface area contributed by atoms with Gasteiger partial charge in [0.25, 0.3) is 0 Å². The molecule has 1 aromatic heterocycles. The summed E-state index contributed by atoms with van der Waals surface area (Å²) in [6.07, 6.45) is 0. The van der Waals surface area contributed by atoms with Crippen LogP contribution in [-0.2, 0) is 0 Å². The van der Waals surface area contributed by atoms with Gasteiger partial charge in [0.15, 0.2) is 0 Å². The number of rotatable bonds is 4. The van der Waals surface area contributed by atoms with Crippen LogP contribution in [0.1, 0.15) is 19.5 Å². The molecule has 1 aromatic carbocycles. The fourth-order valence-electron chi connectivity index (χ4n) is 1.68. The van der Waals surface area contributed by atoms with Gasteiger partial charge in [-0.3, -0.25) is 0 Å². The lowest BCUT2D eigenvalue weighted by molar-refractivity contribution is 0.871. The number of benzene rings is 1. The molecule has 0 aliphatic rings. The van der Waals surface area contributed by atoms with Gasteiger partial charge in [-0.25, -0.2) is 4.98 Å². The molecule has 0 unspecified atom stereocenters. The molecule has 20 heavy (non-hydrogen) atoms. The largest absolute Gasteiger partial charge is 0.352 e. The number of anilines is 3. The van der Waals surface area contributed by atoms with E-state index in [0.717, 1.165) is 11.4 Å². The Kier molecular flexibility index (Phi) is 4.68. The number of halogens is 2. The van der Waals surface area contributed by atoms with E-state index < -0.39 is 0 Å². The van der Waals surface area contributed by atoms with Crippen molar-refractivity contribution in [2.75, 3.05) is 10.6 Å². The molecule has 0 radical (unpaired) electrons. The van der Waals surface area contributed by atoms with Crippen LogP contribution >= 0.6 is 23.2 Å². The topological polar surface area (TPSA) is 49.8 Å². The smallest absolute Gasteiger partial charge is 0.225 e. The van der Waals surface area contributed by atoms with E-state index in [-0.39, 0.29) is 6.04 Å². The molecule has 0 amide bonds. The van der Waals surface area contributed by atoms with Crippen LogP contribution in [0.15, 0.2) is 24.3 Å². The quantitative estimate of drug-likeness (QED) is 0.862. The Morgan fingerprint density at radius 2 is 1.85 bits per heavy atom. The molecule has 0 aliphatic heterocycles. The molecular formula is C14H16Cl2N4. The number of aryl methyl sites for hydroxylation is 1. The van der Waals surface area contributed by atoms with E-state index in [1.807, 2.05) is 32.9 Å². The van der Waals surface area contributed by atoms with E-state index in [4.69, 9.17) is 23.2 Å². The van der Waals surface area contributed by atoms with Crippen molar-refractivity contribution in [1.29, 1.82) is 0 Å². The van der Waals surface area contributed by atoms with Crippen LogP contribution < -0.4 is 10.6 Å². The maximum Gasteiger partial charge on any atom is 0.225 e. The minimum atomic E-state index is 0.267. The lowest BCUT2D eigenvalue weighted by atomic mass is 10.3. The summed E-state index contributed by atoms with van der Waals surface area (Å²) in [5.41, 5.74) is 1.63. The van der Waals surface area contributed by atoms with Gasteiger partial charge >= 0.3 is 0 Å². The normalized spacial score (nSPS) is 10.7. The molecule has 0 bridgehead atoms. The highest BCUT2D eigenvalue weighted by molar-refractivity contribution is 6.36. The minimum absolute atomic E-state index is 0.267. The summed E-state index contributed by atoms with van der Waals surface area (Å²) in [4.78, 5) is 8.74. The second-order valence-corrected chi connectivity index (χ2v) is 5.61. The summed E-state index contributed by atoms with van der Waals surface area (Å²) in [5, 5.41) is 7.50. The van der Waals surface area contributed by atoms with Gasteiger partial charge in [-0.1, -0.05) is 23.2 Å². The van der Waals surface area contributed by atoms with Crippen LogP contribution in [0.3, 0.4) is 0 Å². The third-order valence-corrected chi connectivity index (χ3v) is 3.01. The van der Waals surface area contributed by atoms with Crippen molar-refractivity contribution in [3.05, 3.63) is 40.0 Å². The van der Waals surface area contributed by atoms with Gasteiger partial charge in [-0.2, -0.15) is 4.98 Å². The van der Waals surface area contributed by atoms with Crippen molar-refractivity contribution in [3.63, 3.8) is 0 Å². The molecule has 0 atom stereocenters. The molecule has 2 rings (SSSR count). The van der Waals surface area contributed by atoms with Crippen LogP contribution in [0.5, 0.6) is 0 Å². The molecule has 2 N–H and O–H groups in total. The molecule has 0 aliphatic carbocycles. The molecule has 0 fully saturated rings. The van der Waals surface area contributed by atoms with Crippen LogP contribution in [-0.4, -0.2) is 16.0 Å². The van der Waals surface area contributed by atoms with Crippen LogP contribution in [0.2, 0.25) is 10.0 Å². The first kappa shape index (κ1) is 14.9. The number of hydrogen-bond donors (Lipinski definition) is 2. The number of hydrogen-bond acceptors (Lipinski definition) is 4. The second kappa shape index (κ2) is 6.29. The van der Waals surface area contributed by atoms with E-state index >= 15 is 0 Å². The monoisotopic (exact) mass is 310 g/mol. The van der Waals surface area contributed by atoms with Crippen molar-refractivity contribution in [3.8, 4) is 0 Å². The van der Waals surface area contributed by atoms with Crippen molar-refractivity contribution >= 4 is 40.7 Å². The number of nitrogens with one attached hydrogen (secondary N) is 2. The van der Waals surface area contributed by atoms with Crippen molar-refractivity contribution in [2.24, 2.45) is 0 Å². The highest BCUT2D eigenvalue weighted by Crippen LogP contribution is 2.28. The first-order valence-electron chi connectivity index (χ1n) is 6.28. The maximum atomic E-state index is 6.14. The molecule has 2 aromatic rings. The van der Waals surface area contributed by atoms with E-state index in [0.29, 0.717) is 21.8 Å². The number of aromatic nitrogens is 2. The average molecular weight is 311 g/mol. The Hall–Kier alpha value is -1.52. The zero-order valence-corrected chi connectivity index (χ0v) is 13.0. The highest BCUT2D eigenvalue weighted by Gasteiger charge is 2.06. The highest BCUT2D eigenvalue weighted by atomic mass is 35.5. The third kappa shape index (κ3) is 3.99. The molecule has 0 saturated heterocycles. The Morgan fingerprint density at radius 3 is 2.50 bits per heavy atom. The average Bonchev–Trinajstić information content (AvgIpc) is 2.31. The number of nitrogens with zero attached hydrogens (tertiary/aromatic N) is 2. The SMILES string of the molecule is Cc1cc(Nc2ccc(Cl)cc2Cl)nc(NC(C)C)n1. The summed E-state index contributed by atoms with van der Waals surface area (Å²) in [6, 6.07) is 7.40. The van der Waals surface area contributed by atoms with Gasteiger partial charge in [0.05, 0.1) is 10.7 Å². The summed E-state index contributed by atoms with van der Waals surface area (Å²) in [7, 11) is 0. The van der Waals surface area contributed by atoms with E-state index in [1.54, 1.807) is 12.1 Å². The third-order valence-electron chi connectivity index (χ3n) is 2.47. The summed E-state index contributed by atoms with van der Waals surface area (Å²) in [5.74, 6) is 1.28. The summed E-state index contributed by atoms with van der Waals surface area (Å²) >= 11 is 12.0. The Labute approximate surface area is 128 Å². The van der Waals surface area contributed by atoms with Gasteiger partial charge < -0.3 is 10.6 Å². The Balaban J connectivity index is 2.26. The zero-order chi connectivity index (χ0) is 14.7. The molecule has 0 saturated carbocycles. The summed E-state index contributed by atoms with van der Waals surface area (Å²) < 4.78 is 0. The Morgan fingerprint density at radius 1 is 1.10 bits per heavy atom. The first-order valence-corrected chi connectivity index (χ1v) is 7.04. The van der Waals surface area contributed by atoms with E-state index in [9.17, 15) is 0 Å². The zero-order valence-electron chi connectivity index (χ0n) is 11.5. The van der Waals surface area contributed by atoms with Crippen molar-refractivity contribution in [1.82, 2.24) is 9.97 Å². The van der Waals surface area contributed by atoms with Gasteiger partial charge in [0, 0.05) is 22.8 Å². The molecule has 106 valence electrons. The Bertz CT molecular complexity index is 614. The standard InChI is InChI=1S/C14H16Cl2N4/c1-8(2)17-14-18-9(3)6-13(20-14)19-12-5-4-10(15)7-11(12)16/h4-8H,1-3H3,(H2,17,18,19,20). The fourth-order valence-corrected chi connectivity index (χ4v) is 2.14. The van der Waals surface area contributed by atoms with Gasteiger partial charge in [-0.05, 0) is 39.0 Å². The predicted molar refractivity (Wildman–Crippen MR) is 85.3 cm³/mol. The van der Waals surface area contributed by atoms with E-state index in [2.05, 4.69) is 20.6 Å². The minimum Gasteiger partial charge on any atom is -0.352 e. The van der Waals surface area contributed by atoms with E-state index in [1.165, 1.54) is 0 Å². The van der Waals surface area contributed by atoms with Crippen molar-refractivity contribution < 1.29 is 0 Å². The second-order valence-electron chi connectivity index (χ2n) is 4.77. The van der Waals surface area contributed by atoms with Crippen molar-refractivity contribution in [2.45, 2.75) is 26.8 Å². The van der Waals surface area contributed by atoms with Gasteiger partial charge in [0.1, 0.15) is 5.82 Å². The molecular weight excluding hydrogens is 295 g/mol. The molecule has 0 spiro atoms. The van der Waals surface area contributed by atoms with Crippen LogP contribution in [0, 0.1) is 6.92 Å². The van der Waals surface area contributed by atoms with Crippen LogP contribution in [0.4, 0.5) is 17.5 Å². The molecule has 4 nitrogen and oxygen atoms in total. The van der Waals surface area contributed by atoms with Crippen LogP contribution in [0.25, 0.3) is 0 Å². The molecule has 6 heteroatoms. The lowest BCUT2D eigenvalue weighted by Gasteiger charge is -2.12. The fraction of sp³-hybridized carbons (Fsp3) is 0.286. The lowest BCUT2D eigenvalue weighted by Crippen LogP contribution is -2.13.